The third kappa shape index (κ3) is 0.885. The van der Waals surface area contributed by atoms with Gasteiger partial charge in [0.15, 0.2) is 0 Å². The van der Waals surface area contributed by atoms with Crippen LogP contribution in [0.4, 0.5) is 0 Å². The van der Waals surface area contributed by atoms with Gasteiger partial charge in [0.05, 0.1) is 28.6 Å². The fourth-order valence-corrected chi connectivity index (χ4v) is 1.39. The highest BCUT2D eigenvalue weighted by Crippen LogP contribution is 2.20. The zero-order valence-corrected chi connectivity index (χ0v) is 6.73. The molecule has 0 radical (unpaired) electrons. The topological polar surface area (TPSA) is 54.5 Å². The highest BCUT2D eigenvalue weighted by atomic mass is 14.9. The molecule has 0 atom stereocenters. The van der Waals surface area contributed by atoms with E-state index in [1.807, 2.05) is 12.1 Å². The molecular weight excluding hydrogens is 164 g/mol. The van der Waals surface area contributed by atoms with Gasteiger partial charge in [-0.2, -0.15) is 0 Å². The predicted octanol–water partition coefficient (Wildman–Crippen LogP) is 1.46. The van der Waals surface area contributed by atoms with Gasteiger partial charge in [-0.1, -0.05) is 0 Å². The number of hydrogen-bond donors (Lipinski definition) is 1. The predicted molar refractivity (Wildman–Crippen MR) is 48.3 cm³/mol. The van der Waals surface area contributed by atoms with E-state index >= 15 is 0 Å². The molecule has 0 fully saturated rings. The van der Waals surface area contributed by atoms with Crippen LogP contribution in [0.3, 0.4) is 0 Å². The summed E-state index contributed by atoms with van der Waals surface area (Å²) in [5.41, 5.74) is 3.78. The molecule has 13 heavy (non-hydrogen) atoms. The van der Waals surface area contributed by atoms with Crippen LogP contribution in [0.5, 0.6) is 0 Å². The van der Waals surface area contributed by atoms with E-state index in [-0.39, 0.29) is 0 Å². The SMILES string of the molecule is c1cc2[nH]c3cncnc3cc-2n1. The van der Waals surface area contributed by atoms with Gasteiger partial charge in [0.2, 0.25) is 0 Å². The standard InChI is InChI=1S/C9H6N4/c1-2-11-7-3-8-9(13-6(1)7)4-10-5-12-8/h1-5,13H. The van der Waals surface area contributed by atoms with Crippen molar-refractivity contribution in [1.29, 1.82) is 0 Å². The van der Waals surface area contributed by atoms with Crippen LogP contribution in [-0.2, 0) is 0 Å². The quantitative estimate of drug-likeness (QED) is 0.555. The normalized spacial score (nSPS) is 11.1. The highest BCUT2D eigenvalue weighted by molar-refractivity contribution is 5.80. The highest BCUT2D eigenvalue weighted by Gasteiger charge is 2.05. The Morgan fingerprint density at radius 2 is 2.23 bits per heavy atom. The number of H-pyrrole nitrogens is 1. The van der Waals surface area contributed by atoms with Crippen molar-refractivity contribution in [2.45, 2.75) is 0 Å². The largest absolute Gasteiger partial charge is 0.351 e. The Hall–Kier alpha value is -1.97. The molecule has 3 rings (SSSR count). The minimum Gasteiger partial charge on any atom is -0.351 e. The summed E-state index contributed by atoms with van der Waals surface area (Å²) in [6.07, 6.45) is 5.06. The molecule has 3 heterocycles. The first kappa shape index (κ1) is 6.54. The molecular formula is C9H6N4. The minimum absolute atomic E-state index is 0.890. The first-order valence-electron chi connectivity index (χ1n) is 3.97. The van der Waals surface area contributed by atoms with E-state index in [0.29, 0.717) is 0 Å². The van der Waals surface area contributed by atoms with Crippen molar-refractivity contribution in [3.8, 4) is 11.4 Å². The number of pyridine rings is 1. The molecule has 0 aromatic carbocycles. The molecule has 0 saturated heterocycles. The molecule has 1 aromatic heterocycles. The second kappa shape index (κ2) is 2.26. The molecule has 0 aliphatic carbocycles. The van der Waals surface area contributed by atoms with Crippen molar-refractivity contribution in [1.82, 2.24) is 19.9 Å². The van der Waals surface area contributed by atoms with Crippen LogP contribution in [0.2, 0.25) is 0 Å². The van der Waals surface area contributed by atoms with Crippen molar-refractivity contribution < 1.29 is 0 Å². The van der Waals surface area contributed by atoms with Gasteiger partial charge in [-0.25, -0.2) is 9.97 Å². The molecule has 0 amide bonds. The summed E-state index contributed by atoms with van der Waals surface area (Å²) < 4.78 is 0. The second-order valence-corrected chi connectivity index (χ2v) is 2.83. The number of aromatic amines is 1. The average molecular weight is 170 g/mol. The van der Waals surface area contributed by atoms with E-state index < -0.39 is 0 Å². The van der Waals surface area contributed by atoms with E-state index in [9.17, 15) is 0 Å². The summed E-state index contributed by atoms with van der Waals surface area (Å²) >= 11 is 0. The summed E-state index contributed by atoms with van der Waals surface area (Å²) in [5.74, 6) is 0. The maximum absolute atomic E-state index is 4.18. The van der Waals surface area contributed by atoms with Gasteiger partial charge < -0.3 is 4.98 Å². The lowest BCUT2D eigenvalue weighted by molar-refractivity contribution is 1.19. The van der Waals surface area contributed by atoms with Crippen LogP contribution < -0.4 is 0 Å². The van der Waals surface area contributed by atoms with Gasteiger partial charge in [-0.3, -0.25) is 4.98 Å². The molecule has 4 nitrogen and oxygen atoms in total. The minimum atomic E-state index is 0.890. The lowest BCUT2D eigenvalue weighted by Crippen LogP contribution is -1.88. The Labute approximate surface area is 74.0 Å². The van der Waals surface area contributed by atoms with Gasteiger partial charge in [0, 0.05) is 6.20 Å². The lowest BCUT2D eigenvalue weighted by atomic mass is 10.2. The molecule has 1 aromatic rings. The van der Waals surface area contributed by atoms with Gasteiger partial charge in [-0.05, 0) is 12.1 Å². The van der Waals surface area contributed by atoms with Crippen LogP contribution in [0, 0.1) is 0 Å². The number of nitrogens with zero attached hydrogens (tertiary/aromatic N) is 3. The van der Waals surface area contributed by atoms with Crippen molar-refractivity contribution in [3.63, 3.8) is 0 Å². The summed E-state index contributed by atoms with van der Waals surface area (Å²) in [6, 6.07) is 3.88. The molecule has 1 N–H and O–H groups in total. The Morgan fingerprint density at radius 1 is 1.23 bits per heavy atom. The molecule has 0 bridgehead atoms. The molecule has 2 aliphatic rings. The van der Waals surface area contributed by atoms with E-state index in [4.69, 9.17) is 0 Å². The third-order valence-electron chi connectivity index (χ3n) is 2.02. The fraction of sp³-hybridized carbons (Fsp3) is 0. The van der Waals surface area contributed by atoms with Gasteiger partial charge in [0.1, 0.15) is 6.33 Å². The van der Waals surface area contributed by atoms with E-state index in [2.05, 4.69) is 19.9 Å². The summed E-state index contributed by atoms with van der Waals surface area (Å²) in [7, 11) is 0. The monoisotopic (exact) mass is 170 g/mol. The molecule has 4 heteroatoms. The number of hydrogen-bond acceptors (Lipinski definition) is 3. The smallest absolute Gasteiger partial charge is 0.116 e. The van der Waals surface area contributed by atoms with Crippen LogP contribution >= 0.6 is 0 Å². The average Bonchev–Trinajstić information content (AvgIpc) is 2.61. The maximum atomic E-state index is 4.18. The lowest BCUT2D eigenvalue weighted by Gasteiger charge is -2.00. The van der Waals surface area contributed by atoms with E-state index in [1.165, 1.54) is 6.33 Å². The fourth-order valence-electron chi connectivity index (χ4n) is 1.39. The second-order valence-electron chi connectivity index (χ2n) is 2.83. The summed E-state index contributed by atoms with van der Waals surface area (Å²) in [6.45, 7) is 0. The van der Waals surface area contributed by atoms with Gasteiger partial charge >= 0.3 is 0 Å². The van der Waals surface area contributed by atoms with Crippen LogP contribution in [-0.4, -0.2) is 19.9 Å². The molecule has 0 unspecified atom stereocenters. The molecule has 0 spiro atoms. The number of rotatable bonds is 0. The molecule has 62 valence electrons. The van der Waals surface area contributed by atoms with Crippen molar-refractivity contribution in [2.24, 2.45) is 0 Å². The van der Waals surface area contributed by atoms with Crippen molar-refractivity contribution in [2.75, 3.05) is 0 Å². The number of aromatic nitrogens is 4. The molecule has 2 aliphatic heterocycles. The zero-order chi connectivity index (χ0) is 8.67. The van der Waals surface area contributed by atoms with Gasteiger partial charge in [0.25, 0.3) is 0 Å². The van der Waals surface area contributed by atoms with Crippen LogP contribution in [0.15, 0.2) is 30.9 Å². The van der Waals surface area contributed by atoms with Crippen molar-refractivity contribution >= 4 is 11.0 Å². The zero-order valence-electron chi connectivity index (χ0n) is 6.73. The van der Waals surface area contributed by atoms with E-state index in [1.54, 1.807) is 12.4 Å². The first-order valence-corrected chi connectivity index (χ1v) is 3.97. The van der Waals surface area contributed by atoms with Crippen LogP contribution in [0.25, 0.3) is 22.4 Å². The van der Waals surface area contributed by atoms with Crippen LogP contribution in [0.1, 0.15) is 0 Å². The first-order chi connectivity index (χ1) is 6.43. The Balaban J connectivity index is 2.52. The van der Waals surface area contributed by atoms with Gasteiger partial charge in [-0.15, -0.1) is 0 Å². The Morgan fingerprint density at radius 3 is 3.23 bits per heavy atom. The maximum Gasteiger partial charge on any atom is 0.116 e. The van der Waals surface area contributed by atoms with E-state index in [0.717, 1.165) is 22.4 Å². The Kier molecular flexibility index (Phi) is 1.14. The Bertz CT molecular complexity index is 482. The number of nitrogens with one attached hydrogen (secondary N) is 1. The summed E-state index contributed by atoms with van der Waals surface area (Å²) in [5, 5.41) is 0. The third-order valence-corrected chi connectivity index (χ3v) is 2.02. The molecule has 0 saturated carbocycles. The number of fused-ring (bicyclic) bond motifs is 2. The summed E-state index contributed by atoms with van der Waals surface area (Å²) in [4.78, 5) is 15.4. The van der Waals surface area contributed by atoms with Crippen molar-refractivity contribution in [3.05, 3.63) is 30.9 Å².